The summed E-state index contributed by atoms with van der Waals surface area (Å²) in [4.78, 5) is 40.8. The number of hydrogen-bond donors (Lipinski definition) is 5. The van der Waals surface area contributed by atoms with E-state index >= 15 is 0 Å². The zero-order valence-electron chi connectivity index (χ0n) is 21.7. The molecule has 1 aromatic rings. The van der Waals surface area contributed by atoms with Gasteiger partial charge in [-0.2, -0.15) is 0 Å². The van der Waals surface area contributed by atoms with Crippen LogP contribution in [0.2, 0.25) is 0 Å². The number of rotatable bonds is 4. The molecule has 39 heavy (non-hydrogen) atoms. The fourth-order valence-electron chi connectivity index (χ4n) is 6.69. The highest BCUT2D eigenvalue weighted by Crippen LogP contribution is 2.52. The van der Waals surface area contributed by atoms with Crippen LogP contribution >= 0.6 is 11.6 Å². The normalized spacial score (nSPS) is 29.2. The molecule has 0 saturated carbocycles. The van der Waals surface area contributed by atoms with Crippen molar-refractivity contribution >= 4 is 35.2 Å². The van der Waals surface area contributed by atoms with Crippen molar-refractivity contribution in [3.8, 4) is 5.75 Å². The van der Waals surface area contributed by atoms with Crippen LogP contribution in [-0.4, -0.2) is 68.5 Å². The van der Waals surface area contributed by atoms with E-state index in [0.717, 1.165) is 31.3 Å². The highest BCUT2D eigenvalue weighted by molar-refractivity contribution is 6.34. The summed E-state index contributed by atoms with van der Waals surface area (Å²) in [6.07, 6.45) is 8.04. The number of likely N-dealkylation sites (N-methyl/N-ethyl adjacent to an activating group) is 1. The SMILES string of the molecule is CN(C)[C@H]1C(O)=C(C(N)=O)C(=O)[C@@]2(O)C(O)=C3C(=O)c4c(O)ccc(/C=C(\Cl)C5=CCCCC5)c4C[C@H]3C[C@@H]12. The first-order chi connectivity index (χ1) is 18.4. The standard InChI is InChI=1S/C29H31ClN2O7/c1-32(2)23-17-11-15-10-16-14(12-18(30)13-6-4-3-5-7-13)8-9-19(33)21(16)24(34)20(15)26(36)29(17,39)27(37)22(25(23)35)28(31)38/h6,8-9,12,15,17,23,33,35-36,39H,3-5,7,10-11H2,1-2H3,(H2,31,38)/b18-12-/t15-,17-,23+,29-/m0/s1. The fraction of sp³-hybridized carbons (Fsp3) is 0.414. The number of phenols is 1. The Hall–Kier alpha value is -3.40. The van der Waals surface area contributed by atoms with Gasteiger partial charge in [0.25, 0.3) is 5.91 Å². The Bertz CT molecular complexity index is 1440. The van der Waals surface area contributed by atoms with E-state index in [2.05, 4.69) is 6.08 Å². The number of benzene rings is 1. The Labute approximate surface area is 230 Å². The maximum absolute atomic E-state index is 13.8. The highest BCUT2D eigenvalue weighted by Gasteiger charge is 2.63. The topological polar surface area (TPSA) is 161 Å². The van der Waals surface area contributed by atoms with Crippen LogP contribution in [-0.2, 0) is 16.0 Å². The molecule has 0 unspecified atom stereocenters. The molecule has 4 atom stereocenters. The van der Waals surface area contributed by atoms with E-state index < -0.39 is 58.0 Å². The number of phenolic OH excluding ortho intramolecular Hbond substituents is 1. The monoisotopic (exact) mass is 554 g/mol. The molecule has 0 radical (unpaired) electrons. The van der Waals surface area contributed by atoms with Crippen molar-refractivity contribution < 1.29 is 34.8 Å². The Kier molecular flexibility index (Phi) is 6.73. The molecule has 9 nitrogen and oxygen atoms in total. The molecular weight excluding hydrogens is 524 g/mol. The van der Waals surface area contributed by atoms with E-state index in [4.69, 9.17) is 17.3 Å². The molecule has 0 saturated heterocycles. The highest BCUT2D eigenvalue weighted by atomic mass is 35.5. The van der Waals surface area contributed by atoms with Gasteiger partial charge in [-0.05, 0) is 87.4 Å². The maximum atomic E-state index is 13.8. The second kappa shape index (κ2) is 9.66. The number of carbonyl (C=O) groups is 3. The molecule has 0 aliphatic heterocycles. The summed E-state index contributed by atoms with van der Waals surface area (Å²) in [6, 6.07) is 2.02. The van der Waals surface area contributed by atoms with Crippen molar-refractivity contribution in [2.75, 3.05) is 14.1 Å². The van der Waals surface area contributed by atoms with Gasteiger partial charge in [0.2, 0.25) is 5.78 Å². The van der Waals surface area contributed by atoms with E-state index in [1.165, 1.54) is 11.0 Å². The third-order valence-electron chi connectivity index (χ3n) is 8.52. The lowest BCUT2D eigenvalue weighted by Gasteiger charge is -2.50. The van der Waals surface area contributed by atoms with Crippen LogP contribution in [0.25, 0.3) is 6.08 Å². The third-order valence-corrected chi connectivity index (χ3v) is 8.87. The number of aliphatic hydroxyl groups excluding tert-OH is 2. The smallest absolute Gasteiger partial charge is 0.255 e. The molecule has 0 fully saturated rings. The zero-order chi connectivity index (χ0) is 28.4. The number of halogens is 1. The van der Waals surface area contributed by atoms with Crippen LogP contribution in [0.15, 0.2) is 51.5 Å². The van der Waals surface area contributed by atoms with Crippen LogP contribution in [0.3, 0.4) is 0 Å². The number of nitrogens with two attached hydrogens (primary N) is 1. The Morgan fingerprint density at radius 1 is 1.18 bits per heavy atom. The average Bonchev–Trinajstić information content (AvgIpc) is 2.88. The number of carbonyl (C=O) groups excluding carboxylic acids is 3. The summed E-state index contributed by atoms with van der Waals surface area (Å²) in [5, 5.41) is 45.2. The number of hydrogen-bond acceptors (Lipinski definition) is 8. The molecule has 10 heteroatoms. The van der Waals surface area contributed by atoms with Crippen LogP contribution in [0.5, 0.6) is 5.75 Å². The van der Waals surface area contributed by atoms with Crippen molar-refractivity contribution in [3.05, 3.63) is 68.2 Å². The minimum absolute atomic E-state index is 0.0312. The second-order valence-electron chi connectivity index (χ2n) is 11.0. The molecule has 1 aromatic carbocycles. The van der Waals surface area contributed by atoms with E-state index in [-0.39, 0.29) is 29.7 Å². The molecule has 4 aliphatic rings. The summed E-state index contributed by atoms with van der Waals surface area (Å²) in [5.41, 5.74) is 3.87. The van der Waals surface area contributed by atoms with Gasteiger partial charge in [0.05, 0.1) is 11.6 Å². The number of amides is 1. The number of allylic oxidation sites excluding steroid dienone is 4. The first-order valence-corrected chi connectivity index (χ1v) is 13.3. The minimum Gasteiger partial charge on any atom is -0.510 e. The molecule has 1 amide bonds. The van der Waals surface area contributed by atoms with E-state index in [9.17, 15) is 34.8 Å². The Balaban J connectivity index is 1.66. The van der Waals surface area contributed by atoms with Gasteiger partial charge >= 0.3 is 0 Å². The average molecular weight is 555 g/mol. The summed E-state index contributed by atoms with van der Waals surface area (Å²) in [5.74, 6) is -6.73. The van der Waals surface area contributed by atoms with Crippen molar-refractivity contribution in [3.63, 3.8) is 0 Å². The molecular formula is C29H31ClN2O7. The maximum Gasteiger partial charge on any atom is 0.255 e. The number of fused-ring (bicyclic) bond motifs is 3. The predicted octanol–water partition coefficient (Wildman–Crippen LogP) is 3.20. The molecule has 206 valence electrons. The van der Waals surface area contributed by atoms with Gasteiger partial charge in [0.1, 0.15) is 22.8 Å². The van der Waals surface area contributed by atoms with Gasteiger partial charge in [-0.3, -0.25) is 19.3 Å². The van der Waals surface area contributed by atoms with E-state index in [0.29, 0.717) is 16.2 Å². The summed E-state index contributed by atoms with van der Waals surface area (Å²) in [7, 11) is 3.19. The molecule has 6 N–H and O–H groups in total. The molecule has 4 aliphatic carbocycles. The number of nitrogens with zero attached hydrogens (tertiary/aromatic N) is 1. The van der Waals surface area contributed by atoms with Gasteiger partial charge in [-0.25, -0.2) is 0 Å². The number of ketones is 2. The van der Waals surface area contributed by atoms with E-state index in [1.54, 1.807) is 26.2 Å². The Morgan fingerprint density at radius 3 is 2.51 bits per heavy atom. The van der Waals surface area contributed by atoms with Crippen molar-refractivity contribution in [1.29, 1.82) is 0 Å². The molecule has 0 spiro atoms. The quantitative estimate of drug-likeness (QED) is 0.354. The van der Waals surface area contributed by atoms with Crippen molar-refractivity contribution in [1.82, 2.24) is 4.90 Å². The lowest BCUT2D eigenvalue weighted by Crippen LogP contribution is -2.63. The van der Waals surface area contributed by atoms with Crippen LogP contribution in [0.1, 0.15) is 53.6 Å². The van der Waals surface area contributed by atoms with Crippen LogP contribution in [0, 0.1) is 11.8 Å². The van der Waals surface area contributed by atoms with Gasteiger partial charge < -0.3 is 26.2 Å². The largest absolute Gasteiger partial charge is 0.510 e. The summed E-state index contributed by atoms with van der Waals surface area (Å²) < 4.78 is 0. The van der Waals surface area contributed by atoms with E-state index in [1.807, 2.05) is 0 Å². The van der Waals surface area contributed by atoms with Crippen molar-refractivity contribution in [2.24, 2.45) is 17.6 Å². The molecule has 0 heterocycles. The molecule has 0 aromatic heterocycles. The number of aliphatic hydroxyl groups is 3. The minimum atomic E-state index is -2.66. The zero-order valence-corrected chi connectivity index (χ0v) is 22.5. The van der Waals surface area contributed by atoms with Crippen LogP contribution < -0.4 is 5.73 Å². The van der Waals surface area contributed by atoms with Gasteiger partial charge in [0.15, 0.2) is 11.4 Å². The fourth-order valence-corrected chi connectivity index (χ4v) is 6.98. The first kappa shape index (κ1) is 27.2. The number of primary amides is 1. The Morgan fingerprint density at radius 2 is 1.90 bits per heavy atom. The number of aromatic hydroxyl groups is 1. The lowest BCUT2D eigenvalue weighted by molar-refractivity contribution is -0.148. The summed E-state index contributed by atoms with van der Waals surface area (Å²) >= 11 is 6.66. The lowest BCUT2D eigenvalue weighted by atomic mass is 9.58. The summed E-state index contributed by atoms with van der Waals surface area (Å²) in [6.45, 7) is 0. The number of Topliss-reactive ketones (excluding diaryl/α,β-unsaturated/α-hetero) is 2. The molecule has 5 rings (SSSR count). The van der Waals surface area contributed by atoms with Crippen LogP contribution in [0.4, 0.5) is 0 Å². The first-order valence-electron chi connectivity index (χ1n) is 13.0. The van der Waals surface area contributed by atoms with Gasteiger partial charge in [0, 0.05) is 16.5 Å². The predicted molar refractivity (Wildman–Crippen MR) is 144 cm³/mol. The van der Waals surface area contributed by atoms with Gasteiger partial charge in [-0.15, -0.1) is 0 Å². The molecule has 0 bridgehead atoms. The third kappa shape index (κ3) is 4.02. The second-order valence-corrected chi connectivity index (χ2v) is 11.4. The van der Waals surface area contributed by atoms with Crippen molar-refractivity contribution in [2.45, 2.75) is 50.2 Å². The van der Waals surface area contributed by atoms with Gasteiger partial charge in [-0.1, -0.05) is 23.7 Å².